The number of halogens is 2. The van der Waals surface area contributed by atoms with E-state index in [9.17, 15) is 18.8 Å². The Labute approximate surface area is 148 Å². The lowest BCUT2D eigenvalue weighted by Gasteiger charge is -2.18. The number of pyridine rings is 1. The van der Waals surface area contributed by atoms with Crippen LogP contribution in [-0.2, 0) is 4.79 Å². The largest absolute Gasteiger partial charge is 0.435 e. The van der Waals surface area contributed by atoms with Crippen LogP contribution < -0.4 is 10.1 Å². The molecule has 0 radical (unpaired) electrons. The molecular formula is C18H16F2N4O2. The van der Waals surface area contributed by atoms with Crippen molar-refractivity contribution in [2.24, 2.45) is 0 Å². The minimum Gasteiger partial charge on any atom is -0.435 e. The van der Waals surface area contributed by atoms with Gasteiger partial charge >= 0.3 is 6.61 Å². The third-order valence-corrected chi connectivity index (χ3v) is 4.68. The van der Waals surface area contributed by atoms with Crippen LogP contribution >= 0.6 is 0 Å². The summed E-state index contributed by atoms with van der Waals surface area (Å²) < 4.78 is 29.5. The van der Waals surface area contributed by atoms with E-state index in [0.29, 0.717) is 41.2 Å². The molecule has 0 spiro atoms. The number of anilines is 1. The molecule has 1 N–H and O–H groups in total. The van der Waals surface area contributed by atoms with Gasteiger partial charge in [0.1, 0.15) is 11.8 Å². The molecule has 1 aliphatic carbocycles. The van der Waals surface area contributed by atoms with Crippen molar-refractivity contribution in [1.29, 1.82) is 5.26 Å². The van der Waals surface area contributed by atoms with Gasteiger partial charge in [0.25, 0.3) is 0 Å². The number of nitriles is 1. The van der Waals surface area contributed by atoms with E-state index in [2.05, 4.69) is 21.1 Å². The van der Waals surface area contributed by atoms with Crippen molar-refractivity contribution < 1.29 is 18.3 Å². The van der Waals surface area contributed by atoms with E-state index in [0.717, 1.165) is 12.8 Å². The average Bonchev–Trinajstić information content (AvgIpc) is 3.38. The lowest BCUT2D eigenvalue weighted by molar-refractivity contribution is -0.128. The highest BCUT2D eigenvalue weighted by molar-refractivity contribution is 5.95. The summed E-state index contributed by atoms with van der Waals surface area (Å²) in [5, 5.41) is 13.2. The highest BCUT2D eigenvalue weighted by Gasteiger charge is 2.39. The Balaban J connectivity index is 1.67. The Bertz CT molecular complexity index is 908. The monoisotopic (exact) mass is 358 g/mol. The number of amides is 1. The zero-order valence-electron chi connectivity index (χ0n) is 13.8. The first-order valence-electron chi connectivity index (χ1n) is 8.39. The number of hydrogen-bond acceptors (Lipinski definition) is 5. The maximum absolute atomic E-state index is 12.5. The van der Waals surface area contributed by atoms with Crippen LogP contribution in [0.3, 0.4) is 0 Å². The molecule has 2 heterocycles. The molecule has 1 aromatic heterocycles. The molecule has 1 unspecified atom stereocenters. The lowest BCUT2D eigenvalue weighted by atomic mass is 10.1. The predicted octanol–water partition coefficient (Wildman–Crippen LogP) is 2.88. The van der Waals surface area contributed by atoms with Gasteiger partial charge in [-0.1, -0.05) is 0 Å². The molecule has 1 aliphatic heterocycles. The normalized spacial score (nSPS) is 19.8. The SMILES string of the molecule is N#Cc1cnc2ccc(OC(F)F)cc2c1NC1CC(=O)N(C2CC2)C1. The molecule has 1 saturated carbocycles. The number of aromatic nitrogens is 1. The second kappa shape index (κ2) is 6.41. The van der Waals surface area contributed by atoms with Crippen LogP contribution in [0.1, 0.15) is 24.8 Å². The minimum atomic E-state index is -2.93. The van der Waals surface area contributed by atoms with Gasteiger partial charge in [0.15, 0.2) is 0 Å². The van der Waals surface area contributed by atoms with Crippen molar-refractivity contribution in [2.45, 2.75) is 38.0 Å². The summed E-state index contributed by atoms with van der Waals surface area (Å²) in [6, 6.07) is 6.68. The third-order valence-electron chi connectivity index (χ3n) is 4.68. The number of fused-ring (bicyclic) bond motifs is 1. The maximum Gasteiger partial charge on any atom is 0.387 e. The van der Waals surface area contributed by atoms with Gasteiger partial charge in [0.2, 0.25) is 5.91 Å². The fourth-order valence-electron chi connectivity index (χ4n) is 3.36. The van der Waals surface area contributed by atoms with E-state index in [1.165, 1.54) is 18.3 Å². The Kier molecular flexibility index (Phi) is 4.07. The number of ether oxygens (including phenoxy) is 1. The Morgan fingerprint density at radius 3 is 2.88 bits per heavy atom. The number of likely N-dealkylation sites (tertiary alicyclic amines) is 1. The van der Waals surface area contributed by atoms with E-state index in [-0.39, 0.29) is 17.7 Å². The zero-order chi connectivity index (χ0) is 18.3. The fourth-order valence-corrected chi connectivity index (χ4v) is 3.36. The van der Waals surface area contributed by atoms with Crippen LogP contribution in [0.15, 0.2) is 24.4 Å². The van der Waals surface area contributed by atoms with Crippen LogP contribution in [0.5, 0.6) is 5.75 Å². The molecular weight excluding hydrogens is 342 g/mol. The molecule has 1 amide bonds. The molecule has 2 aromatic rings. The molecule has 8 heteroatoms. The molecule has 6 nitrogen and oxygen atoms in total. The van der Waals surface area contributed by atoms with E-state index < -0.39 is 6.61 Å². The first-order chi connectivity index (χ1) is 12.5. The zero-order valence-corrected chi connectivity index (χ0v) is 13.8. The molecule has 2 aliphatic rings. The van der Waals surface area contributed by atoms with Crippen LogP contribution in [0.25, 0.3) is 10.9 Å². The maximum atomic E-state index is 12.5. The van der Waals surface area contributed by atoms with E-state index in [4.69, 9.17) is 0 Å². The standard InChI is InChI=1S/C18H16F2N4O2/c19-18(20)26-13-3-4-15-14(6-13)17(10(7-21)8-22-15)23-11-5-16(25)24(9-11)12-1-2-12/h3-4,6,8,11-12,18H,1-2,5,9H2,(H,22,23). The van der Waals surface area contributed by atoms with Crippen LogP contribution in [0.4, 0.5) is 14.5 Å². The fraction of sp³-hybridized carbons (Fsp3) is 0.389. The van der Waals surface area contributed by atoms with E-state index >= 15 is 0 Å². The van der Waals surface area contributed by atoms with E-state index in [1.807, 2.05) is 4.90 Å². The summed E-state index contributed by atoms with van der Waals surface area (Å²) in [5.74, 6) is 0.0955. The summed E-state index contributed by atoms with van der Waals surface area (Å²) in [7, 11) is 0. The number of carbonyl (C=O) groups excluding carboxylic acids is 1. The van der Waals surface area contributed by atoms with Crippen molar-refractivity contribution in [3.63, 3.8) is 0 Å². The summed E-state index contributed by atoms with van der Waals surface area (Å²) in [5.41, 5.74) is 1.34. The topological polar surface area (TPSA) is 78.2 Å². The summed E-state index contributed by atoms with van der Waals surface area (Å²) >= 11 is 0. The number of benzene rings is 1. The molecule has 1 aromatic carbocycles. The van der Waals surface area contributed by atoms with Gasteiger partial charge in [-0.3, -0.25) is 9.78 Å². The summed E-state index contributed by atoms with van der Waals surface area (Å²) in [6.45, 7) is -2.36. The Morgan fingerprint density at radius 1 is 1.38 bits per heavy atom. The molecule has 1 atom stereocenters. The van der Waals surface area contributed by atoms with Gasteiger partial charge < -0.3 is 15.0 Å². The predicted molar refractivity (Wildman–Crippen MR) is 89.9 cm³/mol. The number of alkyl halides is 2. The third kappa shape index (κ3) is 3.12. The summed E-state index contributed by atoms with van der Waals surface area (Å²) in [6.07, 6.45) is 3.86. The van der Waals surface area contributed by atoms with Crippen LogP contribution in [-0.4, -0.2) is 41.0 Å². The summed E-state index contributed by atoms with van der Waals surface area (Å²) in [4.78, 5) is 18.2. The number of rotatable bonds is 5. The molecule has 2 fully saturated rings. The number of carbonyl (C=O) groups is 1. The van der Waals surface area contributed by atoms with E-state index in [1.54, 1.807) is 6.07 Å². The van der Waals surface area contributed by atoms with Gasteiger partial charge in [-0.15, -0.1) is 0 Å². The van der Waals surface area contributed by atoms with Gasteiger partial charge in [-0.05, 0) is 31.0 Å². The molecule has 26 heavy (non-hydrogen) atoms. The first kappa shape index (κ1) is 16.5. The highest BCUT2D eigenvalue weighted by atomic mass is 19.3. The van der Waals surface area contributed by atoms with Crippen molar-refractivity contribution in [2.75, 3.05) is 11.9 Å². The van der Waals surface area contributed by atoms with Gasteiger partial charge in [0, 0.05) is 30.6 Å². The van der Waals surface area contributed by atoms with Gasteiger partial charge in [-0.25, -0.2) is 0 Å². The quantitative estimate of drug-likeness (QED) is 0.889. The van der Waals surface area contributed by atoms with Gasteiger partial charge in [0.05, 0.1) is 22.8 Å². The lowest BCUT2D eigenvalue weighted by Crippen LogP contribution is -2.30. The minimum absolute atomic E-state index is 0.00505. The molecule has 1 saturated heterocycles. The molecule has 134 valence electrons. The number of nitrogens with one attached hydrogen (secondary N) is 1. The Morgan fingerprint density at radius 2 is 2.19 bits per heavy atom. The second-order valence-corrected chi connectivity index (χ2v) is 6.54. The highest BCUT2D eigenvalue weighted by Crippen LogP contribution is 2.34. The van der Waals surface area contributed by atoms with Crippen molar-refractivity contribution in [3.05, 3.63) is 30.0 Å². The first-order valence-corrected chi connectivity index (χ1v) is 8.39. The van der Waals surface area contributed by atoms with Crippen molar-refractivity contribution >= 4 is 22.5 Å². The average molecular weight is 358 g/mol. The van der Waals surface area contributed by atoms with Gasteiger partial charge in [-0.2, -0.15) is 14.0 Å². The molecule has 0 bridgehead atoms. The number of hydrogen-bond donors (Lipinski definition) is 1. The van der Waals surface area contributed by atoms with Crippen molar-refractivity contribution in [3.8, 4) is 11.8 Å². The van der Waals surface area contributed by atoms with Crippen LogP contribution in [0, 0.1) is 11.3 Å². The number of nitrogens with zero attached hydrogens (tertiary/aromatic N) is 3. The smallest absolute Gasteiger partial charge is 0.387 e. The van der Waals surface area contributed by atoms with Crippen LogP contribution in [0.2, 0.25) is 0 Å². The van der Waals surface area contributed by atoms with Crippen molar-refractivity contribution in [1.82, 2.24) is 9.88 Å². The molecule has 4 rings (SSSR count). The Hall–Kier alpha value is -2.95. The second-order valence-electron chi connectivity index (χ2n) is 6.54.